The molecule has 0 unspecified atom stereocenters. The number of alkyl halides is 3. The van der Waals surface area contributed by atoms with Crippen molar-refractivity contribution in [1.29, 1.82) is 0 Å². The van der Waals surface area contributed by atoms with Gasteiger partial charge in [0, 0.05) is 16.8 Å². The predicted molar refractivity (Wildman–Crippen MR) is 117 cm³/mol. The molecule has 174 valence electrons. The van der Waals surface area contributed by atoms with Gasteiger partial charge in [-0.3, -0.25) is 4.79 Å². The lowest BCUT2D eigenvalue weighted by molar-refractivity contribution is -0.137. The molecule has 1 aromatic heterocycles. The number of rotatable bonds is 5. The summed E-state index contributed by atoms with van der Waals surface area (Å²) in [6, 6.07) is 9.54. The second kappa shape index (κ2) is 9.31. The quantitative estimate of drug-likeness (QED) is 0.501. The van der Waals surface area contributed by atoms with Gasteiger partial charge >= 0.3 is 12.3 Å². The minimum Gasteiger partial charge on any atom is -0.444 e. The third-order valence-corrected chi connectivity index (χ3v) is 4.16. The standard InChI is InChI=1S/C22H22F3N5O3/c1-21(2,3)33-20(32)26-11-18(31)29-15-7-8-17-16(10-15)19(28-12-27-17)30-14-6-4-5-13(9-14)22(23,24)25/h4-10,12H,11H2,1-3H3,(H,26,32)(H,29,31)(H,27,28,30). The molecule has 2 aromatic carbocycles. The summed E-state index contributed by atoms with van der Waals surface area (Å²) in [5, 5.41) is 8.33. The molecule has 0 aliphatic carbocycles. The molecule has 0 radical (unpaired) electrons. The van der Waals surface area contributed by atoms with E-state index < -0.39 is 29.3 Å². The number of fused-ring (bicyclic) bond motifs is 1. The van der Waals surface area contributed by atoms with E-state index in [2.05, 4.69) is 25.9 Å². The summed E-state index contributed by atoms with van der Waals surface area (Å²) in [6.45, 7) is 4.80. The van der Waals surface area contributed by atoms with Crippen molar-refractivity contribution in [2.75, 3.05) is 17.2 Å². The summed E-state index contributed by atoms with van der Waals surface area (Å²) in [7, 11) is 0. The Labute approximate surface area is 187 Å². The number of carbonyl (C=O) groups is 2. The topological polar surface area (TPSA) is 105 Å². The second-order valence-corrected chi connectivity index (χ2v) is 8.06. The number of alkyl carbamates (subject to hydrolysis) is 1. The smallest absolute Gasteiger partial charge is 0.416 e. The van der Waals surface area contributed by atoms with E-state index in [1.807, 2.05) is 0 Å². The third kappa shape index (κ3) is 6.79. The summed E-state index contributed by atoms with van der Waals surface area (Å²) in [5.41, 5.74) is -0.385. The molecular weight excluding hydrogens is 439 g/mol. The Bertz CT molecular complexity index is 1180. The molecule has 0 fully saturated rings. The molecule has 3 N–H and O–H groups in total. The first-order chi connectivity index (χ1) is 15.4. The van der Waals surface area contributed by atoms with Crippen molar-refractivity contribution in [2.45, 2.75) is 32.5 Å². The van der Waals surface area contributed by atoms with Crippen LogP contribution in [0.25, 0.3) is 10.9 Å². The molecule has 8 nitrogen and oxygen atoms in total. The van der Waals surface area contributed by atoms with E-state index in [0.29, 0.717) is 16.6 Å². The lowest BCUT2D eigenvalue weighted by Gasteiger charge is -2.19. The molecule has 3 aromatic rings. The molecule has 0 saturated carbocycles. The van der Waals surface area contributed by atoms with Gasteiger partial charge in [-0.2, -0.15) is 13.2 Å². The Morgan fingerprint density at radius 3 is 2.45 bits per heavy atom. The highest BCUT2D eigenvalue weighted by atomic mass is 19.4. The fourth-order valence-electron chi connectivity index (χ4n) is 2.82. The molecule has 0 bridgehead atoms. The van der Waals surface area contributed by atoms with Gasteiger partial charge in [0.15, 0.2) is 0 Å². The van der Waals surface area contributed by atoms with E-state index in [1.165, 1.54) is 18.5 Å². The molecule has 0 aliphatic rings. The molecular formula is C22H22F3N5O3. The van der Waals surface area contributed by atoms with Gasteiger partial charge in [0.05, 0.1) is 11.1 Å². The largest absolute Gasteiger partial charge is 0.444 e. The number of hydrogen-bond acceptors (Lipinski definition) is 6. The minimum absolute atomic E-state index is 0.195. The van der Waals surface area contributed by atoms with Crippen molar-refractivity contribution in [3.05, 3.63) is 54.4 Å². The Kier molecular flexibility index (Phi) is 6.70. The summed E-state index contributed by atoms with van der Waals surface area (Å²) < 4.78 is 44.1. The Morgan fingerprint density at radius 1 is 1.00 bits per heavy atom. The molecule has 0 spiro atoms. The summed E-state index contributed by atoms with van der Waals surface area (Å²) in [5.74, 6) is -0.230. The number of halogens is 3. The van der Waals surface area contributed by atoms with Gasteiger partial charge in [0.1, 0.15) is 24.3 Å². The van der Waals surface area contributed by atoms with Crippen LogP contribution in [-0.4, -0.2) is 34.1 Å². The zero-order valence-corrected chi connectivity index (χ0v) is 18.1. The second-order valence-electron chi connectivity index (χ2n) is 8.06. The van der Waals surface area contributed by atoms with Gasteiger partial charge in [-0.15, -0.1) is 0 Å². The lowest BCUT2D eigenvalue weighted by atomic mass is 10.1. The van der Waals surface area contributed by atoms with E-state index in [1.54, 1.807) is 39.0 Å². The maximum atomic E-state index is 13.0. The Morgan fingerprint density at radius 2 is 1.76 bits per heavy atom. The zero-order chi connectivity index (χ0) is 24.2. The van der Waals surface area contributed by atoms with Crippen molar-refractivity contribution in [3.63, 3.8) is 0 Å². The minimum atomic E-state index is -4.48. The zero-order valence-electron chi connectivity index (χ0n) is 18.1. The van der Waals surface area contributed by atoms with Crippen molar-refractivity contribution in [3.8, 4) is 0 Å². The first-order valence-electron chi connectivity index (χ1n) is 9.86. The molecule has 1 heterocycles. The van der Waals surface area contributed by atoms with Crippen LogP contribution in [0.15, 0.2) is 48.8 Å². The van der Waals surface area contributed by atoms with Gasteiger partial charge in [0.25, 0.3) is 0 Å². The average Bonchev–Trinajstić information content (AvgIpc) is 2.71. The maximum Gasteiger partial charge on any atom is 0.416 e. The fraction of sp³-hybridized carbons (Fsp3) is 0.273. The number of nitrogens with zero attached hydrogens (tertiary/aromatic N) is 2. The first-order valence-corrected chi connectivity index (χ1v) is 9.86. The van der Waals surface area contributed by atoms with Crippen LogP contribution in [0.1, 0.15) is 26.3 Å². The molecule has 3 rings (SSSR count). The highest BCUT2D eigenvalue weighted by Gasteiger charge is 2.30. The number of anilines is 3. The summed E-state index contributed by atoms with van der Waals surface area (Å²) >= 11 is 0. The van der Waals surface area contributed by atoms with Gasteiger partial charge in [-0.05, 0) is 57.2 Å². The van der Waals surface area contributed by atoms with Gasteiger partial charge in [0.2, 0.25) is 5.91 Å². The highest BCUT2D eigenvalue weighted by molar-refractivity contribution is 5.98. The van der Waals surface area contributed by atoms with E-state index >= 15 is 0 Å². The normalized spacial score (nSPS) is 11.7. The number of amides is 2. The van der Waals surface area contributed by atoms with Crippen LogP contribution < -0.4 is 16.0 Å². The Hall–Kier alpha value is -3.89. The maximum absolute atomic E-state index is 13.0. The fourth-order valence-corrected chi connectivity index (χ4v) is 2.82. The van der Waals surface area contributed by atoms with Crippen LogP contribution in [0, 0.1) is 0 Å². The lowest BCUT2D eigenvalue weighted by Crippen LogP contribution is -2.37. The Balaban J connectivity index is 1.75. The molecule has 11 heteroatoms. The molecule has 33 heavy (non-hydrogen) atoms. The number of benzene rings is 2. The SMILES string of the molecule is CC(C)(C)OC(=O)NCC(=O)Nc1ccc2ncnc(Nc3cccc(C(F)(F)F)c3)c2c1. The average molecular weight is 461 g/mol. The van der Waals surface area contributed by atoms with Crippen LogP contribution in [0.2, 0.25) is 0 Å². The van der Waals surface area contributed by atoms with Crippen LogP contribution in [0.4, 0.5) is 35.2 Å². The van der Waals surface area contributed by atoms with Crippen molar-refractivity contribution < 1.29 is 27.5 Å². The predicted octanol–water partition coefficient (Wildman–Crippen LogP) is 4.86. The number of nitrogens with one attached hydrogen (secondary N) is 3. The monoisotopic (exact) mass is 461 g/mol. The van der Waals surface area contributed by atoms with Crippen molar-refractivity contribution in [1.82, 2.24) is 15.3 Å². The number of carbonyl (C=O) groups excluding carboxylic acids is 2. The number of aromatic nitrogens is 2. The van der Waals surface area contributed by atoms with E-state index in [4.69, 9.17) is 4.74 Å². The summed E-state index contributed by atoms with van der Waals surface area (Å²) in [4.78, 5) is 32.1. The highest BCUT2D eigenvalue weighted by Crippen LogP contribution is 2.32. The number of ether oxygens (including phenoxy) is 1. The van der Waals surface area contributed by atoms with Crippen molar-refractivity contribution in [2.24, 2.45) is 0 Å². The first kappa shape index (κ1) is 23.8. The summed E-state index contributed by atoms with van der Waals surface area (Å²) in [6.07, 6.45) is -3.92. The number of hydrogen-bond donors (Lipinski definition) is 3. The van der Waals surface area contributed by atoms with Gasteiger partial charge in [-0.25, -0.2) is 14.8 Å². The van der Waals surface area contributed by atoms with Crippen molar-refractivity contribution >= 4 is 40.1 Å². The van der Waals surface area contributed by atoms with E-state index in [0.717, 1.165) is 12.1 Å². The third-order valence-electron chi connectivity index (χ3n) is 4.16. The molecule has 0 atom stereocenters. The molecule has 0 aliphatic heterocycles. The van der Waals surface area contributed by atoms with Gasteiger partial charge < -0.3 is 20.7 Å². The van der Waals surface area contributed by atoms with Crippen LogP contribution in [0.5, 0.6) is 0 Å². The van der Waals surface area contributed by atoms with Gasteiger partial charge in [-0.1, -0.05) is 6.07 Å². The van der Waals surface area contributed by atoms with E-state index in [-0.39, 0.29) is 18.1 Å². The van der Waals surface area contributed by atoms with Crippen LogP contribution in [0.3, 0.4) is 0 Å². The van der Waals surface area contributed by atoms with Crippen LogP contribution in [-0.2, 0) is 15.7 Å². The van der Waals surface area contributed by atoms with E-state index in [9.17, 15) is 22.8 Å². The molecule has 0 saturated heterocycles. The molecule has 2 amide bonds. The van der Waals surface area contributed by atoms with Crippen LogP contribution >= 0.6 is 0 Å².